The summed E-state index contributed by atoms with van der Waals surface area (Å²) in [7, 11) is 0. The van der Waals surface area contributed by atoms with Gasteiger partial charge in [0.1, 0.15) is 17.9 Å². The summed E-state index contributed by atoms with van der Waals surface area (Å²) in [5.41, 5.74) is 0.849. The predicted octanol–water partition coefficient (Wildman–Crippen LogP) is 4.08. The average Bonchev–Trinajstić information content (AvgIpc) is 3.36. The molecule has 12 heteroatoms. The molecule has 2 aliphatic rings. The first-order valence-electron chi connectivity index (χ1n) is 12.8. The summed E-state index contributed by atoms with van der Waals surface area (Å²) in [5.74, 6) is -4.52. The van der Waals surface area contributed by atoms with Gasteiger partial charge in [0.25, 0.3) is 11.8 Å². The SMILES string of the molecule is [C-]#[N+]c1cncc(N(C(=O)[C@@H]2CCC(=O)N2c2cc(C#N)ccn2)[C@H](C(=O)NC2CC(F)(F)C2)c2ccccc2)c1. The fraction of sp³-hybridized carbons (Fsp3) is 0.276. The van der Waals surface area contributed by atoms with Gasteiger partial charge in [0.15, 0.2) is 0 Å². The van der Waals surface area contributed by atoms with Gasteiger partial charge in [-0.25, -0.2) is 18.6 Å². The molecule has 206 valence electrons. The number of amides is 3. The molecule has 1 aromatic carbocycles. The molecule has 0 spiro atoms. The van der Waals surface area contributed by atoms with Crippen molar-refractivity contribution in [3.63, 3.8) is 0 Å². The van der Waals surface area contributed by atoms with Gasteiger partial charge in [-0.05, 0) is 30.2 Å². The summed E-state index contributed by atoms with van der Waals surface area (Å²) in [5, 5.41) is 12.0. The number of nitrogens with zero attached hydrogens (tertiary/aromatic N) is 6. The normalized spacial score (nSPS) is 18.5. The van der Waals surface area contributed by atoms with E-state index in [1.807, 2.05) is 6.07 Å². The number of hydrogen-bond acceptors (Lipinski definition) is 6. The van der Waals surface area contributed by atoms with Gasteiger partial charge in [-0.1, -0.05) is 30.3 Å². The number of aromatic nitrogens is 2. The van der Waals surface area contributed by atoms with E-state index in [9.17, 15) is 28.4 Å². The van der Waals surface area contributed by atoms with Gasteiger partial charge in [0.05, 0.1) is 23.9 Å². The maximum atomic E-state index is 14.5. The molecule has 0 radical (unpaired) electrons. The van der Waals surface area contributed by atoms with Crippen LogP contribution in [0.3, 0.4) is 0 Å². The van der Waals surface area contributed by atoms with Crippen molar-refractivity contribution in [2.24, 2.45) is 0 Å². The summed E-state index contributed by atoms with van der Waals surface area (Å²) < 4.78 is 27.2. The lowest BCUT2D eigenvalue weighted by atomic mass is 9.87. The van der Waals surface area contributed by atoms with Crippen LogP contribution in [0.1, 0.15) is 42.9 Å². The number of hydrogen-bond donors (Lipinski definition) is 1. The standard InChI is InChI=1S/C29H23F2N7O3/c1-33-20-12-22(17-34-16-20)37(26(19-5-3-2-4-6-19)27(40)36-21-13-29(30,31)14-21)28(41)23-7-8-25(39)38(23)24-11-18(15-32)9-10-35-24/h2-6,9-12,16-17,21,23,26H,7-8,13-14H2,(H,36,40)/t23-,26-/m0/s1. The molecule has 1 aliphatic carbocycles. The Morgan fingerprint density at radius 3 is 2.63 bits per heavy atom. The number of benzene rings is 1. The lowest BCUT2D eigenvalue weighted by Crippen LogP contribution is -2.56. The van der Waals surface area contributed by atoms with Gasteiger partial charge < -0.3 is 5.32 Å². The molecule has 2 fully saturated rings. The molecule has 2 aromatic heterocycles. The van der Waals surface area contributed by atoms with E-state index in [1.165, 1.54) is 41.7 Å². The minimum atomic E-state index is -2.88. The molecular weight excluding hydrogens is 532 g/mol. The lowest BCUT2D eigenvalue weighted by Gasteiger charge is -2.39. The Hall–Kier alpha value is -5.23. The van der Waals surface area contributed by atoms with Crippen LogP contribution in [0.15, 0.2) is 67.1 Å². The largest absolute Gasteiger partial charge is 0.351 e. The van der Waals surface area contributed by atoms with Gasteiger partial charge >= 0.3 is 0 Å². The summed E-state index contributed by atoms with van der Waals surface area (Å²) in [6.07, 6.45) is 3.06. The molecule has 5 rings (SSSR count). The highest BCUT2D eigenvalue weighted by atomic mass is 19.3. The van der Waals surface area contributed by atoms with Gasteiger partial charge in [0, 0.05) is 43.9 Å². The highest BCUT2D eigenvalue weighted by Crippen LogP contribution is 2.39. The number of halogens is 2. The van der Waals surface area contributed by atoms with E-state index < -0.39 is 54.6 Å². The molecule has 3 aromatic rings. The van der Waals surface area contributed by atoms with E-state index in [0.29, 0.717) is 5.56 Å². The monoisotopic (exact) mass is 555 g/mol. The third-order valence-corrected chi connectivity index (χ3v) is 7.03. The number of anilines is 2. The van der Waals surface area contributed by atoms with Gasteiger partial charge in [-0.2, -0.15) is 5.26 Å². The van der Waals surface area contributed by atoms with Crippen LogP contribution in [0.2, 0.25) is 0 Å². The molecular formula is C29H23F2N7O3. The molecule has 0 unspecified atom stereocenters. The van der Waals surface area contributed by atoms with Crippen LogP contribution in [-0.2, 0) is 14.4 Å². The molecule has 3 heterocycles. The molecule has 1 saturated carbocycles. The Kier molecular flexibility index (Phi) is 7.40. The van der Waals surface area contributed by atoms with E-state index in [0.717, 1.165) is 4.90 Å². The lowest BCUT2D eigenvalue weighted by molar-refractivity contribution is -0.133. The molecule has 0 bridgehead atoms. The summed E-state index contributed by atoms with van der Waals surface area (Å²) >= 11 is 0. The van der Waals surface area contributed by atoms with Crippen molar-refractivity contribution in [2.75, 3.05) is 9.80 Å². The highest BCUT2D eigenvalue weighted by Gasteiger charge is 2.48. The Labute approximate surface area is 234 Å². The van der Waals surface area contributed by atoms with Crippen LogP contribution in [0.4, 0.5) is 26.0 Å². The van der Waals surface area contributed by atoms with Crippen LogP contribution >= 0.6 is 0 Å². The van der Waals surface area contributed by atoms with Crippen molar-refractivity contribution in [1.82, 2.24) is 15.3 Å². The smallest absolute Gasteiger partial charge is 0.252 e. The number of pyridine rings is 2. The second-order valence-electron chi connectivity index (χ2n) is 9.84. The van der Waals surface area contributed by atoms with Gasteiger partial charge in [-0.3, -0.25) is 29.2 Å². The second-order valence-corrected chi connectivity index (χ2v) is 9.84. The van der Waals surface area contributed by atoms with E-state index in [-0.39, 0.29) is 35.6 Å². The van der Waals surface area contributed by atoms with Crippen LogP contribution in [0.5, 0.6) is 0 Å². The van der Waals surface area contributed by atoms with Crippen LogP contribution in [-0.4, -0.2) is 45.7 Å². The minimum Gasteiger partial charge on any atom is -0.351 e. The molecule has 41 heavy (non-hydrogen) atoms. The number of carbonyl (C=O) groups excluding carboxylic acids is 3. The number of alkyl halides is 2. The predicted molar refractivity (Wildman–Crippen MR) is 143 cm³/mol. The number of carbonyl (C=O) groups is 3. The first-order chi connectivity index (χ1) is 19.7. The number of nitriles is 1. The molecule has 1 N–H and O–H groups in total. The van der Waals surface area contributed by atoms with Crippen molar-refractivity contribution < 1.29 is 23.2 Å². The average molecular weight is 556 g/mol. The zero-order valence-corrected chi connectivity index (χ0v) is 21.6. The zero-order chi connectivity index (χ0) is 29.1. The maximum absolute atomic E-state index is 14.5. The fourth-order valence-corrected chi connectivity index (χ4v) is 5.09. The zero-order valence-electron chi connectivity index (χ0n) is 21.6. The first kappa shape index (κ1) is 27.3. The quantitative estimate of drug-likeness (QED) is 0.438. The molecule has 1 aliphatic heterocycles. The highest BCUT2D eigenvalue weighted by molar-refractivity contribution is 6.10. The van der Waals surface area contributed by atoms with Crippen LogP contribution in [0.25, 0.3) is 4.85 Å². The number of rotatable bonds is 7. The van der Waals surface area contributed by atoms with Crippen molar-refractivity contribution in [1.29, 1.82) is 5.26 Å². The minimum absolute atomic E-state index is 0.0163. The van der Waals surface area contributed by atoms with E-state index >= 15 is 0 Å². The van der Waals surface area contributed by atoms with Gasteiger partial charge in [0.2, 0.25) is 17.5 Å². The third-order valence-electron chi connectivity index (χ3n) is 7.03. The molecule has 2 atom stereocenters. The van der Waals surface area contributed by atoms with Gasteiger partial charge in [-0.15, -0.1) is 0 Å². The van der Waals surface area contributed by atoms with Crippen LogP contribution in [0, 0.1) is 17.9 Å². The van der Waals surface area contributed by atoms with E-state index in [4.69, 9.17) is 6.57 Å². The fourth-order valence-electron chi connectivity index (χ4n) is 5.09. The second kappa shape index (κ2) is 11.1. The number of nitrogens with one attached hydrogen (secondary N) is 1. The molecule has 3 amide bonds. The Bertz CT molecular complexity index is 1580. The Morgan fingerprint density at radius 2 is 1.95 bits per heavy atom. The molecule has 1 saturated heterocycles. The van der Waals surface area contributed by atoms with E-state index in [1.54, 1.807) is 30.3 Å². The van der Waals surface area contributed by atoms with Crippen LogP contribution < -0.4 is 15.1 Å². The van der Waals surface area contributed by atoms with Crippen molar-refractivity contribution in [3.8, 4) is 6.07 Å². The van der Waals surface area contributed by atoms with Crippen molar-refractivity contribution in [3.05, 3.63) is 89.7 Å². The Balaban J connectivity index is 1.60. The molecule has 10 nitrogen and oxygen atoms in total. The maximum Gasteiger partial charge on any atom is 0.252 e. The summed E-state index contributed by atoms with van der Waals surface area (Å²) in [4.78, 5) is 55.3. The Morgan fingerprint density at radius 1 is 1.20 bits per heavy atom. The first-order valence-corrected chi connectivity index (χ1v) is 12.8. The van der Waals surface area contributed by atoms with E-state index in [2.05, 4.69) is 20.1 Å². The summed E-state index contributed by atoms with van der Waals surface area (Å²) in [6.45, 7) is 7.43. The third kappa shape index (κ3) is 5.58. The summed E-state index contributed by atoms with van der Waals surface area (Å²) in [6, 6.07) is 11.3. The van der Waals surface area contributed by atoms with Crippen molar-refractivity contribution in [2.45, 2.75) is 49.7 Å². The topological polar surface area (TPSA) is 124 Å². The van der Waals surface area contributed by atoms with Crippen molar-refractivity contribution >= 4 is 34.9 Å².